The van der Waals surface area contributed by atoms with Crippen LogP contribution in [0.4, 0.5) is 4.39 Å². The van der Waals surface area contributed by atoms with Gasteiger partial charge in [-0.05, 0) is 42.2 Å². The molecule has 0 amide bonds. The van der Waals surface area contributed by atoms with E-state index in [-0.39, 0.29) is 5.56 Å². The second kappa shape index (κ2) is 5.19. The number of thioether (sulfide) groups is 1. The molecule has 0 bridgehead atoms. The highest BCUT2D eigenvalue weighted by Crippen LogP contribution is 2.16. The number of halogens is 1. The molecule has 17 heavy (non-hydrogen) atoms. The fourth-order valence-corrected chi connectivity index (χ4v) is 1.96. The van der Waals surface area contributed by atoms with Gasteiger partial charge >= 0.3 is 0 Å². The Hall–Kier alpha value is -1.55. The predicted octanol–water partition coefficient (Wildman–Crippen LogP) is 3.03. The van der Waals surface area contributed by atoms with Gasteiger partial charge in [-0.1, -0.05) is 0 Å². The minimum Gasteiger partial charge on any atom is -0.284 e. The van der Waals surface area contributed by atoms with Gasteiger partial charge in [0.2, 0.25) is 0 Å². The number of hydrogen-bond acceptors (Lipinski definition) is 2. The second-order valence-electron chi connectivity index (χ2n) is 3.58. The van der Waals surface area contributed by atoms with Gasteiger partial charge < -0.3 is 0 Å². The Bertz CT molecular complexity index is 562. The summed E-state index contributed by atoms with van der Waals surface area (Å²) in [4.78, 5) is 12.8. The molecule has 2 rings (SSSR count). The molecule has 4 heteroatoms. The Morgan fingerprint density at radius 1 is 1.18 bits per heavy atom. The lowest BCUT2D eigenvalue weighted by molar-refractivity contribution is 0.483. The summed E-state index contributed by atoms with van der Waals surface area (Å²) in [5.74, 6) is 0. The molecule has 1 aromatic heterocycles. The minimum absolute atomic E-state index is 0.154. The Balaban J connectivity index is 2.47. The van der Waals surface area contributed by atoms with E-state index in [0.717, 1.165) is 10.6 Å². The monoisotopic (exact) mass is 249 g/mol. The highest BCUT2D eigenvalue weighted by Gasteiger charge is 2.01. The van der Waals surface area contributed by atoms with Crippen molar-refractivity contribution in [1.82, 2.24) is 4.57 Å². The summed E-state index contributed by atoms with van der Waals surface area (Å²) in [6, 6.07) is 10.5. The highest BCUT2D eigenvalue weighted by molar-refractivity contribution is 7.98. The van der Waals surface area contributed by atoms with Crippen molar-refractivity contribution in [1.29, 1.82) is 0 Å². The molecule has 0 N–H and O–H groups in total. The lowest BCUT2D eigenvalue weighted by Gasteiger charge is -2.07. The molecular weight excluding hydrogens is 237 g/mol. The highest BCUT2D eigenvalue weighted by atomic mass is 32.2. The smallest absolute Gasteiger partial charge is 0.255 e. The van der Waals surface area contributed by atoms with Crippen LogP contribution in [0.25, 0.3) is 5.69 Å². The molecule has 0 spiro atoms. The molecule has 0 fully saturated rings. The van der Waals surface area contributed by atoms with Crippen LogP contribution >= 0.6 is 11.8 Å². The lowest BCUT2D eigenvalue weighted by Crippen LogP contribution is -2.16. The van der Waals surface area contributed by atoms with Crippen LogP contribution in [0, 0.1) is 0 Å². The van der Waals surface area contributed by atoms with Crippen molar-refractivity contribution in [2.24, 2.45) is 0 Å². The second-order valence-corrected chi connectivity index (χ2v) is 4.46. The first kappa shape index (κ1) is 11.9. The fourth-order valence-electron chi connectivity index (χ4n) is 1.55. The van der Waals surface area contributed by atoms with E-state index in [9.17, 15) is 9.18 Å². The lowest BCUT2D eigenvalue weighted by atomic mass is 10.2. The third-order valence-electron chi connectivity index (χ3n) is 2.48. The van der Waals surface area contributed by atoms with Crippen LogP contribution in [0.5, 0.6) is 0 Å². The normalized spacial score (nSPS) is 10.5. The van der Waals surface area contributed by atoms with Gasteiger partial charge in [0.1, 0.15) is 6.67 Å². The minimum atomic E-state index is -0.566. The first-order valence-corrected chi connectivity index (χ1v) is 6.39. The molecule has 0 aliphatic heterocycles. The third-order valence-corrected chi connectivity index (χ3v) is 3.22. The molecule has 0 unspecified atom stereocenters. The van der Waals surface area contributed by atoms with Crippen LogP contribution in [0.15, 0.2) is 52.3 Å². The number of nitrogens with zero attached hydrogens (tertiary/aromatic N) is 1. The maximum atomic E-state index is 12.6. The quantitative estimate of drug-likeness (QED) is 0.780. The van der Waals surface area contributed by atoms with E-state index in [0.29, 0.717) is 5.56 Å². The summed E-state index contributed by atoms with van der Waals surface area (Å²) in [5, 5.41) is 0. The van der Waals surface area contributed by atoms with Crippen molar-refractivity contribution >= 4 is 11.8 Å². The van der Waals surface area contributed by atoms with Crippen molar-refractivity contribution in [3.05, 3.63) is 58.5 Å². The molecule has 0 atom stereocenters. The zero-order chi connectivity index (χ0) is 12.3. The fraction of sp³-hybridized carbons (Fsp3) is 0.154. The van der Waals surface area contributed by atoms with Crippen molar-refractivity contribution in [3.8, 4) is 5.69 Å². The summed E-state index contributed by atoms with van der Waals surface area (Å²) in [5.41, 5.74) is 1.10. The van der Waals surface area contributed by atoms with Gasteiger partial charge in [0.15, 0.2) is 0 Å². The van der Waals surface area contributed by atoms with Crippen LogP contribution in [-0.2, 0) is 6.67 Å². The molecule has 2 aromatic rings. The first-order chi connectivity index (χ1) is 8.24. The van der Waals surface area contributed by atoms with Crippen molar-refractivity contribution in [2.45, 2.75) is 11.6 Å². The van der Waals surface area contributed by atoms with Gasteiger partial charge in [-0.3, -0.25) is 9.36 Å². The summed E-state index contributed by atoms with van der Waals surface area (Å²) >= 11 is 1.64. The van der Waals surface area contributed by atoms with E-state index >= 15 is 0 Å². The summed E-state index contributed by atoms with van der Waals surface area (Å²) in [6.45, 7) is -0.566. The SMILES string of the molecule is CSc1ccc(-n2cc(CF)ccc2=O)cc1. The summed E-state index contributed by atoms with van der Waals surface area (Å²) in [6.07, 6.45) is 3.53. The Labute approximate surface area is 103 Å². The molecule has 88 valence electrons. The molecular formula is C13H12FNOS. The van der Waals surface area contributed by atoms with E-state index in [1.807, 2.05) is 30.5 Å². The Morgan fingerprint density at radius 3 is 2.47 bits per heavy atom. The molecule has 0 saturated carbocycles. The zero-order valence-corrected chi connectivity index (χ0v) is 10.2. The molecule has 0 aliphatic carbocycles. The standard InChI is InChI=1S/C13H12FNOS/c1-17-12-5-3-11(4-6-12)15-9-10(8-14)2-7-13(15)16/h2-7,9H,8H2,1H3. The average molecular weight is 249 g/mol. The Morgan fingerprint density at radius 2 is 1.88 bits per heavy atom. The maximum Gasteiger partial charge on any atom is 0.255 e. The van der Waals surface area contributed by atoms with E-state index in [2.05, 4.69) is 0 Å². The summed E-state index contributed by atoms with van der Waals surface area (Å²) < 4.78 is 14.0. The van der Waals surface area contributed by atoms with Crippen LogP contribution < -0.4 is 5.56 Å². The molecule has 0 saturated heterocycles. The Kier molecular flexibility index (Phi) is 3.64. The van der Waals surface area contributed by atoms with Gasteiger partial charge in [-0.2, -0.15) is 0 Å². The molecule has 0 aliphatic rings. The van der Waals surface area contributed by atoms with Crippen LogP contribution in [0.2, 0.25) is 0 Å². The number of rotatable bonds is 3. The maximum absolute atomic E-state index is 12.6. The van der Waals surface area contributed by atoms with E-state index < -0.39 is 6.67 Å². The van der Waals surface area contributed by atoms with Gasteiger partial charge in [0, 0.05) is 22.8 Å². The van der Waals surface area contributed by atoms with Crippen molar-refractivity contribution < 1.29 is 4.39 Å². The van der Waals surface area contributed by atoms with E-state index in [1.54, 1.807) is 11.8 Å². The van der Waals surface area contributed by atoms with Gasteiger partial charge in [-0.25, -0.2) is 4.39 Å². The van der Waals surface area contributed by atoms with Crippen LogP contribution in [-0.4, -0.2) is 10.8 Å². The largest absolute Gasteiger partial charge is 0.284 e. The van der Waals surface area contributed by atoms with Gasteiger partial charge in [0.05, 0.1) is 0 Å². The van der Waals surface area contributed by atoms with E-state index in [4.69, 9.17) is 0 Å². The molecule has 0 radical (unpaired) electrons. The zero-order valence-electron chi connectivity index (χ0n) is 9.39. The predicted molar refractivity (Wildman–Crippen MR) is 68.6 cm³/mol. The van der Waals surface area contributed by atoms with Crippen LogP contribution in [0.1, 0.15) is 5.56 Å². The number of benzene rings is 1. The van der Waals surface area contributed by atoms with Crippen molar-refractivity contribution in [2.75, 3.05) is 6.26 Å². The molecule has 1 aromatic carbocycles. The first-order valence-electron chi connectivity index (χ1n) is 5.16. The molecule has 2 nitrogen and oxygen atoms in total. The number of aromatic nitrogens is 1. The van der Waals surface area contributed by atoms with E-state index in [1.165, 1.54) is 22.9 Å². The summed E-state index contributed by atoms with van der Waals surface area (Å²) in [7, 11) is 0. The number of pyridine rings is 1. The topological polar surface area (TPSA) is 22.0 Å². The van der Waals surface area contributed by atoms with Crippen LogP contribution in [0.3, 0.4) is 0 Å². The number of alkyl halides is 1. The van der Waals surface area contributed by atoms with Crippen molar-refractivity contribution in [3.63, 3.8) is 0 Å². The van der Waals surface area contributed by atoms with Gasteiger partial charge in [-0.15, -0.1) is 11.8 Å². The number of hydrogen-bond donors (Lipinski definition) is 0. The third kappa shape index (κ3) is 2.58. The van der Waals surface area contributed by atoms with Gasteiger partial charge in [0.25, 0.3) is 5.56 Å². The average Bonchev–Trinajstić information content (AvgIpc) is 2.39. The molecule has 1 heterocycles.